The number of alkyl halides is 3. The second kappa shape index (κ2) is 8.29. The van der Waals surface area contributed by atoms with Gasteiger partial charge in [0.25, 0.3) is 5.91 Å². The van der Waals surface area contributed by atoms with E-state index in [1.54, 1.807) is 19.1 Å². The quantitative estimate of drug-likeness (QED) is 0.759. The average molecular weight is 422 g/mol. The fraction of sp³-hybridized carbons (Fsp3) is 0.524. The lowest BCUT2D eigenvalue weighted by molar-refractivity contribution is -0.137. The second-order valence-electron chi connectivity index (χ2n) is 7.94. The molecule has 0 radical (unpaired) electrons. The van der Waals surface area contributed by atoms with E-state index >= 15 is 0 Å². The van der Waals surface area contributed by atoms with Crippen LogP contribution in [-0.4, -0.2) is 66.2 Å². The number of aromatic nitrogens is 1. The second-order valence-corrected chi connectivity index (χ2v) is 7.94. The molecule has 2 aliphatic heterocycles. The molecule has 2 saturated heterocycles. The molecule has 2 aromatic rings. The van der Waals surface area contributed by atoms with Gasteiger partial charge in [0.2, 0.25) is 0 Å². The summed E-state index contributed by atoms with van der Waals surface area (Å²) in [5.41, 5.74) is 0.320. The minimum Gasteiger partial charge on any atom is -0.369 e. The van der Waals surface area contributed by atoms with Gasteiger partial charge >= 0.3 is 6.18 Å². The van der Waals surface area contributed by atoms with Crippen molar-refractivity contribution in [1.29, 1.82) is 0 Å². The lowest BCUT2D eigenvalue weighted by Gasteiger charge is -2.43. The fourth-order valence-corrected chi connectivity index (χ4v) is 4.29. The van der Waals surface area contributed by atoms with E-state index in [1.807, 2.05) is 9.80 Å². The number of benzene rings is 1. The largest absolute Gasteiger partial charge is 0.416 e. The van der Waals surface area contributed by atoms with E-state index in [9.17, 15) is 18.0 Å². The van der Waals surface area contributed by atoms with Gasteiger partial charge in [0.1, 0.15) is 5.76 Å². The topological polar surface area (TPSA) is 52.8 Å². The van der Waals surface area contributed by atoms with Crippen molar-refractivity contribution in [1.82, 2.24) is 15.0 Å². The molecule has 1 aromatic carbocycles. The van der Waals surface area contributed by atoms with E-state index in [0.29, 0.717) is 43.3 Å². The Morgan fingerprint density at radius 3 is 2.57 bits per heavy atom. The molecule has 0 aliphatic carbocycles. The fourth-order valence-electron chi connectivity index (χ4n) is 4.29. The number of amides is 1. The first kappa shape index (κ1) is 20.7. The van der Waals surface area contributed by atoms with Crippen LogP contribution in [0.3, 0.4) is 0 Å². The summed E-state index contributed by atoms with van der Waals surface area (Å²) in [4.78, 5) is 18.8. The molecule has 1 aromatic heterocycles. The highest BCUT2D eigenvalue weighted by Crippen LogP contribution is 2.32. The number of piperazine rings is 1. The van der Waals surface area contributed by atoms with Crippen LogP contribution in [0.25, 0.3) is 0 Å². The third-order valence-corrected chi connectivity index (χ3v) is 5.90. The van der Waals surface area contributed by atoms with Gasteiger partial charge in [-0.15, -0.1) is 0 Å². The third kappa shape index (κ3) is 4.45. The van der Waals surface area contributed by atoms with Gasteiger partial charge in [-0.25, -0.2) is 0 Å². The summed E-state index contributed by atoms with van der Waals surface area (Å²) in [5.74, 6) is 0.497. The van der Waals surface area contributed by atoms with Crippen molar-refractivity contribution in [2.75, 3.05) is 44.2 Å². The molecule has 2 fully saturated rings. The summed E-state index contributed by atoms with van der Waals surface area (Å²) in [6.45, 7) is 5.92. The van der Waals surface area contributed by atoms with Gasteiger partial charge in [-0.3, -0.25) is 9.69 Å². The van der Waals surface area contributed by atoms with Crippen molar-refractivity contribution >= 4 is 11.6 Å². The lowest BCUT2D eigenvalue weighted by Crippen LogP contribution is -2.56. The zero-order valence-corrected chi connectivity index (χ0v) is 16.9. The van der Waals surface area contributed by atoms with Crippen molar-refractivity contribution < 1.29 is 22.5 Å². The molecule has 162 valence electrons. The molecule has 30 heavy (non-hydrogen) atoms. The first-order valence-electron chi connectivity index (χ1n) is 10.2. The summed E-state index contributed by atoms with van der Waals surface area (Å²) in [6, 6.07) is 7.41. The molecule has 4 rings (SSSR count). The Hall–Kier alpha value is -2.55. The van der Waals surface area contributed by atoms with Crippen LogP contribution >= 0.6 is 0 Å². The number of nitrogens with zero attached hydrogens (tertiary/aromatic N) is 4. The standard InChI is InChI=1S/C21H25F3N4O2/c1-15-12-19(25-30-15)20(29)28-7-3-6-18(14-28)27-10-8-26(9-11-27)17-5-2-4-16(13-17)21(22,23)24/h2,4-5,12-13,18H,3,6-11,14H2,1H3/t18-/m1/s1. The van der Waals surface area contributed by atoms with Crippen LogP contribution in [0.4, 0.5) is 18.9 Å². The number of halogens is 3. The molecule has 0 bridgehead atoms. The van der Waals surface area contributed by atoms with Crippen LogP contribution in [0, 0.1) is 6.92 Å². The Morgan fingerprint density at radius 1 is 1.13 bits per heavy atom. The molecule has 2 aliphatic rings. The molecule has 3 heterocycles. The van der Waals surface area contributed by atoms with E-state index < -0.39 is 11.7 Å². The zero-order chi connectivity index (χ0) is 21.3. The highest BCUT2D eigenvalue weighted by atomic mass is 19.4. The van der Waals surface area contributed by atoms with E-state index in [2.05, 4.69) is 10.1 Å². The third-order valence-electron chi connectivity index (χ3n) is 5.90. The SMILES string of the molecule is Cc1cc(C(=O)N2CCC[C@@H](N3CCN(c4cccc(C(F)(F)F)c4)CC3)C2)no1. The van der Waals surface area contributed by atoms with Gasteiger partial charge in [0, 0.05) is 57.1 Å². The molecule has 0 unspecified atom stereocenters. The van der Waals surface area contributed by atoms with Crippen molar-refractivity contribution in [3.63, 3.8) is 0 Å². The van der Waals surface area contributed by atoms with Gasteiger partial charge in [0.05, 0.1) is 5.56 Å². The monoisotopic (exact) mass is 422 g/mol. The highest BCUT2D eigenvalue weighted by molar-refractivity contribution is 5.92. The van der Waals surface area contributed by atoms with Crippen LogP contribution in [0.2, 0.25) is 0 Å². The summed E-state index contributed by atoms with van der Waals surface area (Å²) in [6.07, 6.45) is -2.41. The molecule has 0 N–H and O–H groups in total. The van der Waals surface area contributed by atoms with Crippen molar-refractivity contribution in [3.8, 4) is 0 Å². The smallest absolute Gasteiger partial charge is 0.369 e. The Balaban J connectivity index is 1.35. The van der Waals surface area contributed by atoms with Gasteiger partial charge in [-0.2, -0.15) is 13.2 Å². The van der Waals surface area contributed by atoms with Crippen LogP contribution in [0.1, 0.15) is 34.7 Å². The molecular weight excluding hydrogens is 397 g/mol. The number of hydrogen-bond donors (Lipinski definition) is 0. The van der Waals surface area contributed by atoms with Crippen LogP contribution in [-0.2, 0) is 6.18 Å². The highest BCUT2D eigenvalue weighted by Gasteiger charge is 2.33. The maximum absolute atomic E-state index is 13.0. The van der Waals surface area contributed by atoms with E-state index in [1.165, 1.54) is 12.1 Å². The van der Waals surface area contributed by atoms with Gasteiger partial charge in [-0.1, -0.05) is 11.2 Å². The molecule has 1 amide bonds. The van der Waals surface area contributed by atoms with Crippen molar-refractivity contribution in [2.24, 2.45) is 0 Å². The van der Waals surface area contributed by atoms with E-state index in [4.69, 9.17) is 4.52 Å². The molecular formula is C21H25F3N4O2. The molecule has 1 atom stereocenters. The first-order valence-corrected chi connectivity index (χ1v) is 10.2. The summed E-state index contributed by atoms with van der Waals surface area (Å²) < 4.78 is 44.0. The first-order chi connectivity index (χ1) is 14.3. The Bertz CT molecular complexity index is 890. The summed E-state index contributed by atoms with van der Waals surface area (Å²) in [5, 5.41) is 3.83. The number of carbonyl (C=O) groups excluding carboxylic acids is 1. The zero-order valence-electron chi connectivity index (χ0n) is 16.9. The molecule has 0 spiro atoms. The van der Waals surface area contributed by atoms with Crippen molar-refractivity contribution in [2.45, 2.75) is 32.0 Å². The average Bonchev–Trinajstić information content (AvgIpc) is 3.19. The minimum atomic E-state index is -4.34. The lowest BCUT2D eigenvalue weighted by atomic mass is 10.0. The van der Waals surface area contributed by atoms with Gasteiger partial charge in [-0.05, 0) is 38.0 Å². The number of hydrogen-bond acceptors (Lipinski definition) is 5. The van der Waals surface area contributed by atoms with Gasteiger partial charge < -0.3 is 14.3 Å². The van der Waals surface area contributed by atoms with Gasteiger partial charge in [0.15, 0.2) is 5.69 Å². The molecule has 9 heteroatoms. The minimum absolute atomic E-state index is 0.112. The predicted molar refractivity (Wildman–Crippen MR) is 105 cm³/mol. The Morgan fingerprint density at radius 2 is 1.90 bits per heavy atom. The number of likely N-dealkylation sites (tertiary alicyclic amines) is 1. The number of rotatable bonds is 3. The number of aryl methyl sites for hydroxylation is 1. The van der Waals surface area contributed by atoms with E-state index in [0.717, 1.165) is 32.0 Å². The van der Waals surface area contributed by atoms with Crippen LogP contribution in [0.15, 0.2) is 34.9 Å². The number of piperidine rings is 1. The maximum atomic E-state index is 13.0. The van der Waals surface area contributed by atoms with E-state index in [-0.39, 0.29) is 11.9 Å². The number of carbonyl (C=O) groups is 1. The number of anilines is 1. The Kier molecular flexibility index (Phi) is 5.73. The molecule has 6 nitrogen and oxygen atoms in total. The predicted octanol–water partition coefficient (Wildman–Crippen LogP) is 3.43. The van der Waals surface area contributed by atoms with Crippen LogP contribution in [0.5, 0.6) is 0 Å². The molecule has 0 saturated carbocycles. The summed E-state index contributed by atoms with van der Waals surface area (Å²) >= 11 is 0. The van der Waals surface area contributed by atoms with Crippen LogP contribution < -0.4 is 4.90 Å². The Labute approximate surface area is 173 Å². The van der Waals surface area contributed by atoms with Crippen molar-refractivity contribution in [3.05, 3.63) is 47.3 Å². The summed E-state index contributed by atoms with van der Waals surface area (Å²) in [7, 11) is 0. The normalized spacial score (nSPS) is 21.1. The maximum Gasteiger partial charge on any atom is 0.416 e.